The van der Waals surface area contributed by atoms with Gasteiger partial charge in [0.25, 0.3) is 0 Å². The maximum Gasteiger partial charge on any atom is 0.335 e. The first-order valence-electron chi connectivity index (χ1n) is 7.20. The van der Waals surface area contributed by atoms with E-state index < -0.39 is 5.97 Å². The predicted molar refractivity (Wildman–Crippen MR) is 89.4 cm³/mol. The molecule has 2 aromatic heterocycles. The molecule has 1 N–H and O–H groups in total. The molecule has 4 nitrogen and oxygen atoms in total. The summed E-state index contributed by atoms with van der Waals surface area (Å²) in [7, 11) is 0. The molecule has 23 heavy (non-hydrogen) atoms. The van der Waals surface area contributed by atoms with Crippen molar-refractivity contribution in [2.75, 3.05) is 0 Å². The van der Waals surface area contributed by atoms with Gasteiger partial charge in [-0.25, -0.2) is 9.78 Å². The Bertz CT molecular complexity index is 1040. The molecular formula is C19H12N2O2. The van der Waals surface area contributed by atoms with Gasteiger partial charge in [-0.15, -0.1) is 0 Å². The summed E-state index contributed by atoms with van der Waals surface area (Å²) in [6.45, 7) is 0. The van der Waals surface area contributed by atoms with Crippen LogP contribution in [-0.4, -0.2) is 21.0 Å². The average molecular weight is 300 g/mol. The first-order valence-corrected chi connectivity index (χ1v) is 7.20. The predicted octanol–water partition coefficient (Wildman–Crippen LogP) is 4.15. The first kappa shape index (κ1) is 13.4. The molecular weight excluding hydrogens is 288 g/mol. The molecule has 0 aliphatic rings. The Morgan fingerprint density at radius 3 is 2.26 bits per heavy atom. The van der Waals surface area contributed by atoms with E-state index in [1.807, 2.05) is 36.4 Å². The molecule has 0 aliphatic heterocycles. The van der Waals surface area contributed by atoms with E-state index in [-0.39, 0.29) is 5.56 Å². The molecule has 4 rings (SSSR count). The van der Waals surface area contributed by atoms with Gasteiger partial charge in [0.2, 0.25) is 0 Å². The summed E-state index contributed by atoms with van der Waals surface area (Å²) in [4.78, 5) is 20.1. The third-order valence-electron chi connectivity index (χ3n) is 3.86. The van der Waals surface area contributed by atoms with Gasteiger partial charge in [0, 0.05) is 22.5 Å². The van der Waals surface area contributed by atoms with Crippen molar-refractivity contribution in [3.8, 4) is 11.3 Å². The van der Waals surface area contributed by atoms with Gasteiger partial charge in [-0.2, -0.15) is 0 Å². The van der Waals surface area contributed by atoms with Gasteiger partial charge < -0.3 is 5.11 Å². The number of rotatable bonds is 2. The van der Waals surface area contributed by atoms with Crippen LogP contribution in [0.25, 0.3) is 33.1 Å². The molecule has 2 heterocycles. The van der Waals surface area contributed by atoms with Crippen LogP contribution in [0.2, 0.25) is 0 Å². The maximum atomic E-state index is 10.9. The van der Waals surface area contributed by atoms with Gasteiger partial charge in [-0.3, -0.25) is 4.98 Å². The van der Waals surface area contributed by atoms with Gasteiger partial charge in [-0.1, -0.05) is 36.4 Å². The van der Waals surface area contributed by atoms with E-state index in [1.54, 1.807) is 30.5 Å². The molecule has 0 fully saturated rings. The lowest BCUT2D eigenvalue weighted by atomic mass is 10.1. The number of pyridine rings is 2. The zero-order valence-corrected chi connectivity index (χ0v) is 12.1. The highest BCUT2D eigenvalue weighted by Crippen LogP contribution is 2.26. The molecule has 0 radical (unpaired) electrons. The number of aromatic carboxylic acids is 1. The molecule has 0 amide bonds. The molecule has 2 aromatic carbocycles. The van der Waals surface area contributed by atoms with Crippen LogP contribution in [0.3, 0.4) is 0 Å². The summed E-state index contributed by atoms with van der Waals surface area (Å²) >= 11 is 0. The standard InChI is InChI=1S/C19H12N2O2/c22-19(23)15-7-3-12(4-8-15)16-10-9-14-6-5-13-2-1-11-20-17(13)18(14)21-16/h1-11H,(H,22,23). The van der Waals surface area contributed by atoms with Crippen molar-refractivity contribution in [3.05, 3.63) is 72.4 Å². The second kappa shape index (κ2) is 5.18. The van der Waals surface area contributed by atoms with Gasteiger partial charge >= 0.3 is 5.97 Å². The Kier molecular flexibility index (Phi) is 3.01. The fourth-order valence-electron chi connectivity index (χ4n) is 2.67. The Balaban J connectivity index is 1.90. The highest BCUT2D eigenvalue weighted by atomic mass is 16.4. The monoisotopic (exact) mass is 300 g/mol. The van der Waals surface area contributed by atoms with Crippen molar-refractivity contribution in [2.45, 2.75) is 0 Å². The molecule has 0 spiro atoms. The number of nitrogens with zero attached hydrogens (tertiary/aromatic N) is 2. The number of carbonyl (C=O) groups is 1. The Morgan fingerprint density at radius 1 is 0.826 bits per heavy atom. The van der Waals surface area contributed by atoms with Crippen LogP contribution in [0, 0.1) is 0 Å². The zero-order valence-electron chi connectivity index (χ0n) is 12.1. The summed E-state index contributed by atoms with van der Waals surface area (Å²) in [5, 5.41) is 11.1. The number of carboxylic acids is 1. The Labute approximate surface area is 132 Å². The first-order chi connectivity index (χ1) is 11.2. The number of fused-ring (bicyclic) bond motifs is 3. The fourth-order valence-corrected chi connectivity index (χ4v) is 2.67. The van der Waals surface area contributed by atoms with Crippen molar-refractivity contribution < 1.29 is 9.90 Å². The Hall–Kier alpha value is -3.27. The van der Waals surface area contributed by atoms with E-state index in [2.05, 4.69) is 4.98 Å². The highest BCUT2D eigenvalue weighted by molar-refractivity contribution is 6.03. The van der Waals surface area contributed by atoms with Crippen LogP contribution in [0.4, 0.5) is 0 Å². The number of carboxylic acid groups (broad SMARTS) is 1. The molecule has 0 unspecified atom stereocenters. The lowest BCUT2D eigenvalue weighted by molar-refractivity contribution is 0.0697. The van der Waals surface area contributed by atoms with Crippen molar-refractivity contribution in [1.29, 1.82) is 0 Å². The average Bonchev–Trinajstić information content (AvgIpc) is 2.61. The third-order valence-corrected chi connectivity index (χ3v) is 3.86. The van der Waals surface area contributed by atoms with Crippen molar-refractivity contribution in [3.63, 3.8) is 0 Å². The maximum absolute atomic E-state index is 10.9. The molecule has 0 atom stereocenters. The van der Waals surface area contributed by atoms with Crippen LogP contribution in [0.1, 0.15) is 10.4 Å². The van der Waals surface area contributed by atoms with Crippen molar-refractivity contribution >= 4 is 27.8 Å². The van der Waals surface area contributed by atoms with Crippen LogP contribution in [0.5, 0.6) is 0 Å². The second-order valence-electron chi connectivity index (χ2n) is 5.29. The summed E-state index contributed by atoms with van der Waals surface area (Å²) in [6.07, 6.45) is 1.76. The van der Waals surface area contributed by atoms with Crippen LogP contribution in [-0.2, 0) is 0 Å². The molecule has 0 saturated carbocycles. The van der Waals surface area contributed by atoms with Crippen LogP contribution in [0.15, 0.2) is 66.9 Å². The summed E-state index contributed by atoms with van der Waals surface area (Å²) in [6, 6.07) is 18.7. The molecule has 4 aromatic rings. The highest BCUT2D eigenvalue weighted by Gasteiger charge is 2.07. The minimum atomic E-state index is -0.932. The van der Waals surface area contributed by atoms with E-state index in [0.717, 1.165) is 33.1 Å². The number of aromatic nitrogens is 2. The normalized spacial score (nSPS) is 11.0. The van der Waals surface area contributed by atoms with E-state index in [9.17, 15) is 4.79 Å². The Morgan fingerprint density at radius 2 is 1.52 bits per heavy atom. The molecule has 110 valence electrons. The van der Waals surface area contributed by atoms with Crippen molar-refractivity contribution in [1.82, 2.24) is 9.97 Å². The minimum Gasteiger partial charge on any atom is -0.478 e. The van der Waals surface area contributed by atoms with E-state index in [4.69, 9.17) is 10.1 Å². The largest absolute Gasteiger partial charge is 0.478 e. The number of hydrogen-bond acceptors (Lipinski definition) is 3. The van der Waals surface area contributed by atoms with E-state index in [1.165, 1.54) is 0 Å². The van der Waals surface area contributed by atoms with Crippen LogP contribution < -0.4 is 0 Å². The lowest BCUT2D eigenvalue weighted by Crippen LogP contribution is -1.95. The van der Waals surface area contributed by atoms with Gasteiger partial charge in [0.1, 0.15) is 0 Å². The topological polar surface area (TPSA) is 63.1 Å². The number of hydrogen-bond donors (Lipinski definition) is 1. The summed E-state index contributed by atoms with van der Waals surface area (Å²) < 4.78 is 0. The SMILES string of the molecule is O=C(O)c1ccc(-c2ccc3ccc4cccnc4c3n2)cc1. The number of benzene rings is 2. The smallest absolute Gasteiger partial charge is 0.335 e. The molecule has 0 saturated heterocycles. The lowest BCUT2D eigenvalue weighted by Gasteiger charge is -2.06. The zero-order chi connectivity index (χ0) is 15.8. The van der Waals surface area contributed by atoms with E-state index in [0.29, 0.717) is 0 Å². The molecule has 0 aliphatic carbocycles. The second-order valence-corrected chi connectivity index (χ2v) is 5.29. The van der Waals surface area contributed by atoms with Gasteiger partial charge in [-0.05, 0) is 24.3 Å². The third kappa shape index (κ3) is 2.30. The quantitative estimate of drug-likeness (QED) is 0.565. The van der Waals surface area contributed by atoms with Gasteiger partial charge in [0.15, 0.2) is 0 Å². The van der Waals surface area contributed by atoms with Crippen molar-refractivity contribution in [2.24, 2.45) is 0 Å². The molecule has 4 heteroatoms. The molecule has 0 bridgehead atoms. The van der Waals surface area contributed by atoms with E-state index >= 15 is 0 Å². The van der Waals surface area contributed by atoms with Crippen LogP contribution >= 0.6 is 0 Å². The summed E-state index contributed by atoms with van der Waals surface area (Å²) in [5.74, 6) is -0.932. The van der Waals surface area contributed by atoms with Gasteiger partial charge in [0.05, 0.1) is 22.3 Å². The summed E-state index contributed by atoms with van der Waals surface area (Å²) in [5.41, 5.74) is 3.66. The minimum absolute atomic E-state index is 0.265. The fraction of sp³-hybridized carbons (Fsp3) is 0.